The maximum absolute atomic E-state index is 11.8. The van der Waals surface area contributed by atoms with Gasteiger partial charge in [0.1, 0.15) is 5.82 Å². The van der Waals surface area contributed by atoms with Crippen LogP contribution in [0.1, 0.15) is 12.2 Å². The number of nitrogens with one attached hydrogen (secondary N) is 1. The van der Waals surface area contributed by atoms with E-state index in [1.807, 2.05) is 35.8 Å². The molecule has 0 aliphatic rings. The van der Waals surface area contributed by atoms with Crippen LogP contribution < -0.4 is 5.32 Å². The van der Waals surface area contributed by atoms with E-state index in [0.29, 0.717) is 13.1 Å². The quantitative estimate of drug-likeness (QED) is 0.846. The SMILES string of the molecule is Cc1nc2ccccc2n1CCNC(=O)N(C)CCC(=O)O. The van der Waals surface area contributed by atoms with Gasteiger partial charge in [0, 0.05) is 26.7 Å². The third-order valence-corrected chi connectivity index (χ3v) is 3.46. The van der Waals surface area contributed by atoms with Crippen molar-refractivity contribution in [2.24, 2.45) is 0 Å². The number of rotatable bonds is 6. The third-order valence-electron chi connectivity index (χ3n) is 3.46. The molecule has 1 aromatic carbocycles. The summed E-state index contributed by atoms with van der Waals surface area (Å²) in [5.41, 5.74) is 1.97. The normalized spacial score (nSPS) is 10.6. The number of carboxylic acids is 1. The van der Waals surface area contributed by atoms with Crippen molar-refractivity contribution in [3.05, 3.63) is 30.1 Å². The predicted octanol–water partition coefficient (Wildman–Crippen LogP) is 1.46. The van der Waals surface area contributed by atoms with Crippen LogP contribution in [0.4, 0.5) is 4.79 Å². The Morgan fingerprint density at radius 1 is 1.36 bits per heavy atom. The van der Waals surface area contributed by atoms with Crippen molar-refractivity contribution in [2.75, 3.05) is 20.1 Å². The second-order valence-electron chi connectivity index (χ2n) is 5.10. The average molecular weight is 304 g/mol. The fraction of sp³-hybridized carbons (Fsp3) is 0.400. The first kappa shape index (κ1) is 15.8. The Morgan fingerprint density at radius 3 is 2.82 bits per heavy atom. The van der Waals surface area contributed by atoms with Crippen molar-refractivity contribution >= 4 is 23.0 Å². The van der Waals surface area contributed by atoms with Gasteiger partial charge >= 0.3 is 12.0 Å². The number of fused-ring (bicyclic) bond motifs is 1. The largest absolute Gasteiger partial charge is 0.481 e. The number of nitrogens with zero attached hydrogens (tertiary/aromatic N) is 3. The first-order valence-electron chi connectivity index (χ1n) is 7.11. The fourth-order valence-electron chi connectivity index (χ4n) is 2.25. The van der Waals surface area contributed by atoms with Gasteiger partial charge in [0.05, 0.1) is 17.5 Å². The van der Waals surface area contributed by atoms with E-state index in [4.69, 9.17) is 5.11 Å². The van der Waals surface area contributed by atoms with E-state index < -0.39 is 5.97 Å². The van der Waals surface area contributed by atoms with Gasteiger partial charge in [-0.1, -0.05) is 12.1 Å². The minimum atomic E-state index is -0.917. The summed E-state index contributed by atoms with van der Waals surface area (Å²) in [6.07, 6.45) is -0.0603. The van der Waals surface area contributed by atoms with Crippen molar-refractivity contribution < 1.29 is 14.7 Å². The summed E-state index contributed by atoms with van der Waals surface area (Å²) in [4.78, 5) is 28.2. The summed E-state index contributed by atoms with van der Waals surface area (Å²) in [5, 5.41) is 11.4. The standard InChI is InChI=1S/C15H20N4O3/c1-11-17-12-5-3-4-6-13(12)19(11)10-8-16-15(22)18(2)9-7-14(20)21/h3-6H,7-10H2,1-2H3,(H,16,22)(H,20,21). The molecule has 2 aromatic rings. The molecule has 0 aliphatic carbocycles. The van der Waals surface area contributed by atoms with Gasteiger partial charge in [-0.25, -0.2) is 9.78 Å². The molecule has 2 amide bonds. The number of carbonyl (C=O) groups is 2. The van der Waals surface area contributed by atoms with Crippen LogP contribution in [0.3, 0.4) is 0 Å². The van der Waals surface area contributed by atoms with Crippen molar-refractivity contribution in [3.63, 3.8) is 0 Å². The molecule has 0 bridgehead atoms. The number of benzene rings is 1. The first-order valence-corrected chi connectivity index (χ1v) is 7.11. The van der Waals surface area contributed by atoms with E-state index in [1.54, 1.807) is 7.05 Å². The molecule has 2 rings (SSSR count). The lowest BCUT2D eigenvalue weighted by molar-refractivity contribution is -0.137. The lowest BCUT2D eigenvalue weighted by atomic mass is 10.3. The topological polar surface area (TPSA) is 87.5 Å². The number of carboxylic acid groups (broad SMARTS) is 1. The zero-order valence-electron chi connectivity index (χ0n) is 12.7. The van der Waals surface area contributed by atoms with Gasteiger partial charge in [-0.15, -0.1) is 0 Å². The van der Waals surface area contributed by atoms with Gasteiger partial charge in [0.2, 0.25) is 0 Å². The molecule has 2 N–H and O–H groups in total. The molecule has 0 aliphatic heterocycles. The molecule has 0 saturated carbocycles. The van der Waals surface area contributed by atoms with E-state index >= 15 is 0 Å². The van der Waals surface area contributed by atoms with Gasteiger partial charge in [0.15, 0.2) is 0 Å². The van der Waals surface area contributed by atoms with Crippen LogP contribution in [0, 0.1) is 6.92 Å². The number of amides is 2. The number of hydrogen-bond donors (Lipinski definition) is 2. The number of aromatic nitrogens is 2. The highest BCUT2D eigenvalue weighted by molar-refractivity contribution is 5.76. The minimum Gasteiger partial charge on any atom is -0.481 e. The third kappa shape index (κ3) is 3.75. The lowest BCUT2D eigenvalue weighted by Gasteiger charge is -2.17. The number of aliphatic carboxylic acids is 1. The van der Waals surface area contributed by atoms with Crippen LogP contribution in [0.15, 0.2) is 24.3 Å². The second kappa shape index (κ2) is 6.93. The molecule has 0 unspecified atom stereocenters. The summed E-state index contributed by atoms with van der Waals surface area (Å²) >= 11 is 0. The Bertz CT molecular complexity index is 680. The fourth-order valence-corrected chi connectivity index (χ4v) is 2.25. The van der Waals surface area contributed by atoms with Crippen molar-refractivity contribution in [1.29, 1.82) is 0 Å². The smallest absolute Gasteiger partial charge is 0.317 e. The Kier molecular flexibility index (Phi) is 4.98. The number of carbonyl (C=O) groups excluding carboxylic acids is 1. The molecule has 0 fully saturated rings. The molecule has 1 heterocycles. The van der Waals surface area contributed by atoms with Gasteiger partial charge < -0.3 is 19.9 Å². The van der Waals surface area contributed by atoms with E-state index in [2.05, 4.69) is 10.3 Å². The van der Waals surface area contributed by atoms with E-state index in [1.165, 1.54) is 4.90 Å². The molecule has 22 heavy (non-hydrogen) atoms. The number of imidazole rings is 1. The zero-order valence-corrected chi connectivity index (χ0v) is 12.7. The van der Waals surface area contributed by atoms with Crippen molar-refractivity contribution in [3.8, 4) is 0 Å². The van der Waals surface area contributed by atoms with Gasteiger partial charge in [0.25, 0.3) is 0 Å². The Hall–Kier alpha value is -2.57. The maximum atomic E-state index is 11.8. The zero-order chi connectivity index (χ0) is 16.1. The predicted molar refractivity (Wildman–Crippen MR) is 82.8 cm³/mol. The monoisotopic (exact) mass is 304 g/mol. The van der Waals surface area contributed by atoms with Crippen LogP contribution in [0.25, 0.3) is 11.0 Å². The summed E-state index contributed by atoms with van der Waals surface area (Å²) < 4.78 is 2.05. The highest BCUT2D eigenvalue weighted by Gasteiger charge is 2.10. The van der Waals surface area contributed by atoms with Gasteiger partial charge in [-0.2, -0.15) is 0 Å². The maximum Gasteiger partial charge on any atom is 0.317 e. The van der Waals surface area contributed by atoms with E-state index in [0.717, 1.165) is 16.9 Å². The van der Waals surface area contributed by atoms with Crippen LogP contribution in [-0.4, -0.2) is 51.7 Å². The molecule has 0 radical (unpaired) electrons. The van der Waals surface area contributed by atoms with Crippen LogP contribution >= 0.6 is 0 Å². The number of hydrogen-bond acceptors (Lipinski definition) is 3. The molecular formula is C15H20N4O3. The summed E-state index contributed by atoms with van der Waals surface area (Å²) in [6, 6.07) is 7.58. The van der Waals surface area contributed by atoms with Gasteiger partial charge in [-0.05, 0) is 19.1 Å². The van der Waals surface area contributed by atoms with Crippen LogP contribution in [0.5, 0.6) is 0 Å². The molecule has 0 saturated heterocycles. The highest BCUT2D eigenvalue weighted by atomic mass is 16.4. The average Bonchev–Trinajstić information content (AvgIpc) is 2.80. The summed E-state index contributed by atoms with van der Waals surface area (Å²) in [6.45, 7) is 3.19. The number of urea groups is 1. The molecule has 7 nitrogen and oxygen atoms in total. The van der Waals surface area contributed by atoms with Crippen molar-refractivity contribution in [2.45, 2.75) is 19.9 Å². The number of para-hydroxylation sites is 2. The molecular weight excluding hydrogens is 284 g/mol. The lowest BCUT2D eigenvalue weighted by Crippen LogP contribution is -2.39. The van der Waals surface area contributed by atoms with E-state index in [9.17, 15) is 9.59 Å². The summed E-state index contributed by atoms with van der Waals surface area (Å²) in [7, 11) is 1.58. The summed E-state index contributed by atoms with van der Waals surface area (Å²) in [5.74, 6) is -0.0187. The Labute approximate surface area is 128 Å². The second-order valence-corrected chi connectivity index (χ2v) is 5.10. The van der Waals surface area contributed by atoms with Crippen molar-refractivity contribution in [1.82, 2.24) is 19.8 Å². The molecule has 0 spiro atoms. The highest BCUT2D eigenvalue weighted by Crippen LogP contribution is 2.14. The van der Waals surface area contributed by atoms with Gasteiger partial charge in [-0.3, -0.25) is 4.79 Å². The molecule has 1 aromatic heterocycles. The minimum absolute atomic E-state index is 0.0603. The molecule has 118 valence electrons. The Morgan fingerprint density at radius 2 is 2.09 bits per heavy atom. The van der Waals surface area contributed by atoms with Crippen LogP contribution in [0.2, 0.25) is 0 Å². The molecule has 7 heteroatoms. The van der Waals surface area contributed by atoms with Crippen LogP contribution in [-0.2, 0) is 11.3 Å². The number of aryl methyl sites for hydroxylation is 1. The first-order chi connectivity index (χ1) is 10.5. The Balaban J connectivity index is 1.89. The van der Waals surface area contributed by atoms with E-state index in [-0.39, 0.29) is 19.0 Å². The molecule has 0 atom stereocenters.